The SMILES string of the molecule is CCCCNC(=NCc1c(CC)noc1CC)NCC(=O)N(C)C.I. The van der Waals surface area contributed by atoms with E-state index in [2.05, 4.69) is 34.6 Å². The van der Waals surface area contributed by atoms with Crippen molar-refractivity contribution in [3.8, 4) is 0 Å². The first-order valence-electron chi connectivity index (χ1n) is 8.71. The van der Waals surface area contributed by atoms with Gasteiger partial charge in [0.25, 0.3) is 0 Å². The van der Waals surface area contributed by atoms with Crippen molar-refractivity contribution < 1.29 is 9.32 Å². The van der Waals surface area contributed by atoms with Crippen LogP contribution in [0.5, 0.6) is 0 Å². The molecule has 0 saturated carbocycles. The van der Waals surface area contributed by atoms with Gasteiger partial charge in [-0.05, 0) is 12.8 Å². The van der Waals surface area contributed by atoms with Crippen molar-refractivity contribution in [1.82, 2.24) is 20.7 Å². The largest absolute Gasteiger partial charge is 0.361 e. The van der Waals surface area contributed by atoms with Gasteiger partial charge in [0.2, 0.25) is 5.91 Å². The summed E-state index contributed by atoms with van der Waals surface area (Å²) in [5.74, 6) is 1.53. The predicted molar refractivity (Wildman–Crippen MR) is 111 cm³/mol. The fourth-order valence-corrected chi connectivity index (χ4v) is 2.15. The monoisotopic (exact) mass is 465 g/mol. The molecule has 0 aliphatic heterocycles. The van der Waals surface area contributed by atoms with Gasteiger partial charge in [-0.2, -0.15) is 0 Å². The van der Waals surface area contributed by atoms with Gasteiger partial charge in [0.15, 0.2) is 5.96 Å². The third kappa shape index (κ3) is 8.06. The number of carbonyl (C=O) groups excluding carboxylic acids is 1. The van der Waals surface area contributed by atoms with Crippen molar-refractivity contribution in [2.24, 2.45) is 4.99 Å². The minimum Gasteiger partial charge on any atom is -0.361 e. The maximum atomic E-state index is 11.8. The van der Waals surface area contributed by atoms with Crippen LogP contribution >= 0.6 is 24.0 Å². The van der Waals surface area contributed by atoms with Gasteiger partial charge in [-0.25, -0.2) is 4.99 Å². The Kier molecular flexibility index (Phi) is 12.3. The summed E-state index contributed by atoms with van der Waals surface area (Å²) in [6.45, 7) is 7.77. The molecule has 1 heterocycles. The number of nitrogens with zero attached hydrogens (tertiary/aromatic N) is 3. The molecule has 1 amide bonds. The molecule has 2 N–H and O–H groups in total. The van der Waals surface area contributed by atoms with E-state index in [-0.39, 0.29) is 36.4 Å². The van der Waals surface area contributed by atoms with E-state index in [1.807, 2.05) is 6.92 Å². The van der Waals surface area contributed by atoms with Crippen LogP contribution in [-0.4, -0.2) is 49.1 Å². The first-order valence-corrected chi connectivity index (χ1v) is 8.71. The molecule has 1 aromatic heterocycles. The van der Waals surface area contributed by atoms with Gasteiger partial charge in [-0.3, -0.25) is 4.79 Å². The predicted octanol–water partition coefficient (Wildman–Crippen LogP) is 2.34. The fourth-order valence-electron chi connectivity index (χ4n) is 2.15. The Hall–Kier alpha value is -1.32. The van der Waals surface area contributed by atoms with E-state index in [9.17, 15) is 4.79 Å². The molecule has 0 saturated heterocycles. The number of amides is 1. The summed E-state index contributed by atoms with van der Waals surface area (Å²) in [5, 5.41) is 10.5. The molecule has 0 bridgehead atoms. The molecule has 0 aromatic carbocycles. The number of rotatable bonds is 9. The van der Waals surface area contributed by atoms with E-state index < -0.39 is 0 Å². The van der Waals surface area contributed by atoms with E-state index >= 15 is 0 Å². The van der Waals surface area contributed by atoms with Crippen LogP contribution in [-0.2, 0) is 24.2 Å². The molecule has 0 aliphatic carbocycles. The summed E-state index contributed by atoms with van der Waals surface area (Å²) in [6.07, 6.45) is 3.76. The molecule has 0 radical (unpaired) electrons. The average Bonchev–Trinajstić information content (AvgIpc) is 2.98. The van der Waals surface area contributed by atoms with E-state index in [1.165, 1.54) is 0 Å². The molecule has 7 nitrogen and oxygen atoms in total. The van der Waals surface area contributed by atoms with E-state index in [0.29, 0.717) is 12.5 Å². The second-order valence-corrected chi connectivity index (χ2v) is 5.82. The summed E-state index contributed by atoms with van der Waals surface area (Å²) < 4.78 is 5.38. The minimum absolute atomic E-state index is 0. The standard InChI is InChI=1S/C17H31N5O2.HI/c1-6-9-10-18-17(20-12-16(23)22(4)5)19-11-13-14(7-2)21-24-15(13)8-3;/h6-12H2,1-5H3,(H2,18,19,20);1H. The van der Waals surface area contributed by atoms with Crippen LogP contribution in [0.3, 0.4) is 0 Å². The zero-order valence-electron chi connectivity index (χ0n) is 16.0. The number of aryl methyl sites for hydroxylation is 2. The number of aromatic nitrogens is 1. The summed E-state index contributed by atoms with van der Waals surface area (Å²) in [5.41, 5.74) is 2.00. The molecule has 0 fully saturated rings. The zero-order valence-corrected chi connectivity index (χ0v) is 18.3. The molecular formula is C17H32IN5O2. The zero-order chi connectivity index (χ0) is 17.9. The lowest BCUT2D eigenvalue weighted by Crippen LogP contribution is -2.43. The van der Waals surface area contributed by atoms with Crippen LogP contribution in [0, 0.1) is 0 Å². The van der Waals surface area contributed by atoms with Gasteiger partial charge >= 0.3 is 0 Å². The molecule has 0 unspecified atom stereocenters. The van der Waals surface area contributed by atoms with Crippen molar-refractivity contribution in [1.29, 1.82) is 0 Å². The average molecular weight is 465 g/mol. The van der Waals surface area contributed by atoms with Gasteiger partial charge < -0.3 is 20.1 Å². The molecule has 25 heavy (non-hydrogen) atoms. The Morgan fingerprint density at radius 1 is 1.20 bits per heavy atom. The number of unbranched alkanes of at least 4 members (excludes halogenated alkanes) is 1. The number of hydrogen-bond acceptors (Lipinski definition) is 4. The second-order valence-electron chi connectivity index (χ2n) is 5.82. The summed E-state index contributed by atoms with van der Waals surface area (Å²) in [6, 6.07) is 0. The van der Waals surface area contributed by atoms with Crippen molar-refractivity contribution in [2.75, 3.05) is 27.2 Å². The van der Waals surface area contributed by atoms with Gasteiger partial charge in [-0.1, -0.05) is 32.3 Å². The topological polar surface area (TPSA) is 82.8 Å². The fraction of sp³-hybridized carbons (Fsp3) is 0.706. The van der Waals surface area contributed by atoms with Gasteiger partial charge in [0.1, 0.15) is 5.76 Å². The van der Waals surface area contributed by atoms with Crippen LogP contribution in [0.25, 0.3) is 0 Å². The third-order valence-corrected chi connectivity index (χ3v) is 3.73. The molecule has 0 spiro atoms. The van der Waals surface area contributed by atoms with Crippen LogP contribution in [0.4, 0.5) is 0 Å². The van der Waals surface area contributed by atoms with Gasteiger partial charge in [0.05, 0.1) is 18.8 Å². The molecule has 1 rings (SSSR count). The summed E-state index contributed by atoms with van der Waals surface area (Å²) in [4.78, 5) is 17.9. The number of likely N-dealkylation sites (N-methyl/N-ethyl adjacent to an activating group) is 1. The normalized spacial score (nSPS) is 11.0. The summed E-state index contributed by atoms with van der Waals surface area (Å²) in [7, 11) is 3.48. The number of aliphatic imine (C=N–C) groups is 1. The second kappa shape index (κ2) is 13.0. The Morgan fingerprint density at radius 3 is 2.48 bits per heavy atom. The lowest BCUT2D eigenvalue weighted by atomic mass is 10.1. The molecule has 0 aliphatic rings. The maximum Gasteiger partial charge on any atom is 0.241 e. The molecule has 1 aromatic rings. The molecular weight excluding hydrogens is 433 g/mol. The van der Waals surface area contributed by atoms with E-state index in [0.717, 1.165) is 49.2 Å². The highest BCUT2D eigenvalue weighted by molar-refractivity contribution is 14.0. The van der Waals surface area contributed by atoms with Crippen molar-refractivity contribution in [3.63, 3.8) is 0 Å². The van der Waals surface area contributed by atoms with Gasteiger partial charge in [0, 0.05) is 32.6 Å². The van der Waals surface area contributed by atoms with Gasteiger partial charge in [-0.15, -0.1) is 24.0 Å². The number of halogens is 1. The minimum atomic E-state index is 0. The van der Waals surface area contributed by atoms with E-state index in [1.54, 1.807) is 19.0 Å². The quantitative estimate of drug-likeness (QED) is 0.253. The lowest BCUT2D eigenvalue weighted by molar-refractivity contribution is -0.127. The molecule has 8 heteroatoms. The first-order chi connectivity index (χ1) is 11.5. The maximum absolute atomic E-state index is 11.8. The Labute approximate surface area is 168 Å². The van der Waals surface area contributed by atoms with Crippen LogP contribution in [0.1, 0.15) is 50.6 Å². The lowest BCUT2D eigenvalue weighted by Gasteiger charge is -2.15. The van der Waals surface area contributed by atoms with Crippen molar-refractivity contribution in [2.45, 2.75) is 53.0 Å². The van der Waals surface area contributed by atoms with Crippen molar-refractivity contribution in [3.05, 3.63) is 17.0 Å². The number of hydrogen-bond donors (Lipinski definition) is 2. The van der Waals surface area contributed by atoms with Crippen LogP contribution in [0.2, 0.25) is 0 Å². The van der Waals surface area contributed by atoms with Crippen LogP contribution in [0.15, 0.2) is 9.52 Å². The third-order valence-electron chi connectivity index (χ3n) is 3.73. The van der Waals surface area contributed by atoms with Crippen LogP contribution < -0.4 is 10.6 Å². The highest BCUT2D eigenvalue weighted by Gasteiger charge is 2.13. The molecule has 0 atom stereocenters. The Balaban J connectivity index is 0.00000576. The van der Waals surface area contributed by atoms with E-state index in [4.69, 9.17) is 4.52 Å². The summed E-state index contributed by atoms with van der Waals surface area (Å²) >= 11 is 0. The number of carbonyl (C=O) groups is 1. The highest BCUT2D eigenvalue weighted by atomic mass is 127. The first kappa shape index (κ1) is 23.7. The molecule has 144 valence electrons. The highest BCUT2D eigenvalue weighted by Crippen LogP contribution is 2.16. The number of nitrogens with one attached hydrogen (secondary N) is 2. The Morgan fingerprint density at radius 2 is 1.92 bits per heavy atom. The van der Waals surface area contributed by atoms with Crippen molar-refractivity contribution >= 4 is 35.8 Å². The Bertz CT molecular complexity index is 522. The smallest absolute Gasteiger partial charge is 0.241 e. The number of guanidine groups is 1.